The van der Waals surface area contributed by atoms with Gasteiger partial charge in [0, 0.05) is 19.4 Å². The van der Waals surface area contributed by atoms with E-state index < -0.39 is 0 Å². The van der Waals surface area contributed by atoms with Crippen LogP contribution in [-0.2, 0) is 9.59 Å². The van der Waals surface area contributed by atoms with Gasteiger partial charge < -0.3 is 16.8 Å². The molecule has 18 heavy (non-hydrogen) atoms. The van der Waals surface area contributed by atoms with Gasteiger partial charge >= 0.3 is 0 Å². The van der Waals surface area contributed by atoms with Crippen LogP contribution in [0.1, 0.15) is 46.0 Å². The molecular weight excluding hydrogens is 230 g/mol. The van der Waals surface area contributed by atoms with E-state index in [1.54, 1.807) is 0 Å². The van der Waals surface area contributed by atoms with E-state index in [1.165, 1.54) is 0 Å². The normalized spacial score (nSPS) is 12.4. The summed E-state index contributed by atoms with van der Waals surface area (Å²) in [5.41, 5.74) is 10.7. The van der Waals surface area contributed by atoms with Gasteiger partial charge in [0.05, 0.1) is 0 Å². The number of primary amides is 1. The molecule has 0 fully saturated rings. The Morgan fingerprint density at radius 3 is 2.39 bits per heavy atom. The van der Waals surface area contributed by atoms with E-state index in [4.69, 9.17) is 11.5 Å². The van der Waals surface area contributed by atoms with Crippen LogP contribution in [0.5, 0.6) is 0 Å². The minimum Gasteiger partial charge on any atom is -0.370 e. The first-order chi connectivity index (χ1) is 8.45. The second kappa shape index (κ2) is 9.88. The van der Waals surface area contributed by atoms with Crippen LogP contribution in [0, 0.1) is 11.8 Å². The molecule has 0 aromatic heterocycles. The monoisotopic (exact) mass is 257 g/mol. The fourth-order valence-corrected chi connectivity index (χ4v) is 1.92. The Bertz CT molecular complexity index is 255. The van der Waals surface area contributed by atoms with Crippen molar-refractivity contribution < 1.29 is 9.59 Å². The van der Waals surface area contributed by atoms with Crippen molar-refractivity contribution in [2.75, 3.05) is 13.1 Å². The SMILES string of the molecule is CC(C)CC(CN)CC(=O)NCCCCC(N)=O. The first-order valence-corrected chi connectivity index (χ1v) is 6.70. The number of hydrogen-bond donors (Lipinski definition) is 3. The first kappa shape index (κ1) is 16.9. The summed E-state index contributed by atoms with van der Waals surface area (Å²) in [5, 5.41) is 2.85. The number of unbranched alkanes of at least 4 members (excludes halogenated alkanes) is 1. The standard InChI is InChI=1S/C13H27N3O2/c1-10(2)7-11(9-14)8-13(18)16-6-4-3-5-12(15)17/h10-11H,3-9,14H2,1-2H3,(H2,15,17)(H,16,18). The average Bonchev–Trinajstić information content (AvgIpc) is 2.26. The van der Waals surface area contributed by atoms with Crippen LogP contribution < -0.4 is 16.8 Å². The number of carbonyl (C=O) groups is 2. The highest BCUT2D eigenvalue weighted by atomic mass is 16.1. The van der Waals surface area contributed by atoms with Crippen molar-refractivity contribution in [1.82, 2.24) is 5.32 Å². The Balaban J connectivity index is 3.65. The maximum absolute atomic E-state index is 11.6. The Kier molecular flexibility index (Phi) is 9.28. The third-order valence-electron chi connectivity index (χ3n) is 2.78. The van der Waals surface area contributed by atoms with Gasteiger partial charge in [-0.05, 0) is 37.6 Å². The Labute approximate surface area is 110 Å². The van der Waals surface area contributed by atoms with Crippen LogP contribution in [0.15, 0.2) is 0 Å². The van der Waals surface area contributed by atoms with Crippen LogP contribution in [0.25, 0.3) is 0 Å². The molecule has 5 N–H and O–H groups in total. The maximum atomic E-state index is 11.6. The zero-order chi connectivity index (χ0) is 14.0. The molecule has 0 radical (unpaired) electrons. The lowest BCUT2D eigenvalue weighted by atomic mass is 9.94. The topological polar surface area (TPSA) is 98.2 Å². The van der Waals surface area contributed by atoms with Crippen molar-refractivity contribution in [1.29, 1.82) is 0 Å². The number of carbonyl (C=O) groups excluding carboxylic acids is 2. The molecule has 0 bridgehead atoms. The quantitative estimate of drug-likeness (QED) is 0.504. The van der Waals surface area contributed by atoms with Gasteiger partial charge in [0.15, 0.2) is 0 Å². The smallest absolute Gasteiger partial charge is 0.220 e. The second-order valence-corrected chi connectivity index (χ2v) is 5.21. The zero-order valence-electron chi connectivity index (χ0n) is 11.6. The van der Waals surface area contributed by atoms with Gasteiger partial charge in [-0.15, -0.1) is 0 Å². The molecule has 0 aromatic carbocycles. The maximum Gasteiger partial charge on any atom is 0.220 e. The number of amides is 2. The van der Waals surface area contributed by atoms with Gasteiger partial charge in [-0.3, -0.25) is 9.59 Å². The number of nitrogens with two attached hydrogens (primary N) is 2. The van der Waals surface area contributed by atoms with Crippen molar-refractivity contribution >= 4 is 11.8 Å². The van der Waals surface area contributed by atoms with Crippen LogP contribution in [0.2, 0.25) is 0 Å². The second-order valence-electron chi connectivity index (χ2n) is 5.21. The molecular formula is C13H27N3O2. The summed E-state index contributed by atoms with van der Waals surface area (Å²) in [6, 6.07) is 0. The van der Waals surface area contributed by atoms with E-state index >= 15 is 0 Å². The minimum absolute atomic E-state index is 0.0465. The Hall–Kier alpha value is -1.10. The lowest BCUT2D eigenvalue weighted by molar-refractivity contribution is -0.122. The zero-order valence-corrected chi connectivity index (χ0v) is 11.6. The molecule has 0 spiro atoms. The van der Waals surface area contributed by atoms with Crippen molar-refractivity contribution in [3.05, 3.63) is 0 Å². The number of nitrogens with one attached hydrogen (secondary N) is 1. The number of rotatable bonds is 10. The molecule has 0 aliphatic heterocycles. The molecule has 0 heterocycles. The van der Waals surface area contributed by atoms with Crippen LogP contribution in [0.4, 0.5) is 0 Å². The van der Waals surface area contributed by atoms with Gasteiger partial charge in [0.2, 0.25) is 11.8 Å². The average molecular weight is 257 g/mol. The van der Waals surface area contributed by atoms with Gasteiger partial charge in [-0.2, -0.15) is 0 Å². The molecule has 0 aromatic rings. The van der Waals surface area contributed by atoms with Crippen LogP contribution in [0.3, 0.4) is 0 Å². The molecule has 2 amide bonds. The predicted molar refractivity (Wildman–Crippen MR) is 72.7 cm³/mol. The molecule has 0 aliphatic rings. The Morgan fingerprint density at radius 1 is 1.22 bits per heavy atom. The lowest BCUT2D eigenvalue weighted by Crippen LogP contribution is -2.29. The summed E-state index contributed by atoms with van der Waals surface area (Å²) in [4.78, 5) is 22.1. The van der Waals surface area contributed by atoms with Gasteiger partial charge in [-0.1, -0.05) is 13.8 Å². The summed E-state index contributed by atoms with van der Waals surface area (Å²) >= 11 is 0. The van der Waals surface area contributed by atoms with E-state index in [2.05, 4.69) is 19.2 Å². The summed E-state index contributed by atoms with van der Waals surface area (Å²) in [6.07, 6.45) is 3.36. The fraction of sp³-hybridized carbons (Fsp3) is 0.846. The Morgan fingerprint density at radius 2 is 1.89 bits per heavy atom. The van der Waals surface area contributed by atoms with Gasteiger partial charge in [-0.25, -0.2) is 0 Å². The molecule has 0 saturated carbocycles. The highest BCUT2D eigenvalue weighted by molar-refractivity contribution is 5.76. The molecule has 5 heteroatoms. The molecule has 0 aliphatic carbocycles. The summed E-state index contributed by atoms with van der Waals surface area (Å²) < 4.78 is 0. The molecule has 1 unspecified atom stereocenters. The van der Waals surface area contributed by atoms with E-state index in [-0.39, 0.29) is 17.7 Å². The van der Waals surface area contributed by atoms with E-state index in [0.29, 0.717) is 31.8 Å². The molecule has 0 saturated heterocycles. The van der Waals surface area contributed by atoms with Crippen LogP contribution in [-0.4, -0.2) is 24.9 Å². The van der Waals surface area contributed by atoms with E-state index in [1.807, 2.05) is 0 Å². The third kappa shape index (κ3) is 10.1. The van der Waals surface area contributed by atoms with E-state index in [0.717, 1.165) is 19.3 Å². The predicted octanol–water partition coefficient (Wildman–Crippen LogP) is 0.769. The van der Waals surface area contributed by atoms with Gasteiger partial charge in [0.25, 0.3) is 0 Å². The highest BCUT2D eigenvalue weighted by Crippen LogP contribution is 2.13. The van der Waals surface area contributed by atoms with Crippen molar-refractivity contribution in [2.24, 2.45) is 23.3 Å². The number of hydrogen-bond acceptors (Lipinski definition) is 3. The molecule has 1 atom stereocenters. The summed E-state index contributed by atoms with van der Waals surface area (Å²) in [5.74, 6) is 0.573. The van der Waals surface area contributed by atoms with Crippen molar-refractivity contribution in [3.63, 3.8) is 0 Å². The highest BCUT2D eigenvalue weighted by Gasteiger charge is 2.13. The van der Waals surface area contributed by atoms with Gasteiger partial charge in [0.1, 0.15) is 0 Å². The minimum atomic E-state index is -0.290. The molecule has 0 rings (SSSR count). The fourth-order valence-electron chi connectivity index (χ4n) is 1.92. The van der Waals surface area contributed by atoms with Crippen LogP contribution >= 0.6 is 0 Å². The van der Waals surface area contributed by atoms with E-state index in [9.17, 15) is 9.59 Å². The molecule has 5 nitrogen and oxygen atoms in total. The largest absolute Gasteiger partial charge is 0.370 e. The summed E-state index contributed by atoms with van der Waals surface area (Å²) in [7, 11) is 0. The third-order valence-corrected chi connectivity index (χ3v) is 2.78. The van der Waals surface area contributed by atoms with Crippen molar-refractivity contribution in [3.8, 4) is 0 Å². The summed E-state index contributed by atoms with van der Waals surface area (Å²) in [6.45, 7) is 5.41. The first-order valence-electron chi connectivity index (χ1n) is 6.70. The lowest BCUT2D eigenvalue weighted by Gasteiger charge is -2.16. The molecule has 106 valence electrons. The van der Waals surface area contributed by atoms with Crippen molar-refractivity contribution in [2.45, 2.75) is 46.0 Å².